The Hall–Kier alpha value is -3.06. The van der Waals surface area contributed by atoms with Crippen LogP contribution in [0.25, 0.3) is 22.4 Å². The standard InChI is InChI=1S/C19H18N2O4S/c1-23-12-6-4-11(5-7-12)14-10-20-19(26)21-18(14)17-15(22)8-13(24-2)9-16(17)25-3/h4-10,22H,1-3H3,(H,20,21,26). The Kier molecular flexibility index (Phi) is 5.09. The van der Waals surface area contributed by atoms with Crippen LogP contribution in [0.5, 0.6) is 23.0 Å². The van der Waals surface area contributed by atoms with E-state index in [9.17, 15) is 5.11 Å². The summed E-state index contributed by atoms with van der Waals surface area (Å²) in [7, 11) is 4.67. The summed E-state index contributed by atoms with van der Waals surface area (Å²) in [6, 6.07) is 10.7. The van der Waals surface area contributed by atoms with Crippen molar-refractivity contribution in [2.24, 2.45) is 0 Å². The molecule has 0 atom stereocenters. The lowest BCUT2D eigenvalue weighted by Gasteiger charge is -2.16. The van der Waals surface area contributed by atoms with Crippen molar-refractivity contribution in [1.82, 2.24) is 9.97 Å². The maximum absolute atomic E-state index is 10.6. The first kappa shape index (κ1) is 17.8. The van der Waals surface area contributed by atoms with Crippen molar-refractivity contribution in [2.75, 3.05) is 21.3 Å². The van der Waals surface area contributed by atoms with Gasteiger partial charge < -0.3 is 24.3 Å². The van der Waals surface area contributed by atoms with Gasteiger partial charge in [0.05, 0.1) is 32.6 Å². The Morgan fingerprint density at radius 2 is 1.65 bits per heavy atom. The molecule has 3 aromatic rings. The summed E-state index contributed by atoms with van der Waals surface area (Å²) < 4.78 is 16.2. The number of phenolic OH excluding ortho intramolecular Hbond substituents is 1. The van der Waals surface area contributed by atoms with Gasteiger partial charge in [0, 0.05) is 23.9 Å². The lowest BCUT2D eigenvalue weighted by molar-refractivity contribution is 0.386. The van der Waals surface area contributed by atoms with Crippen LogP contribution in [-0.2, 0) is 0 Å². The number of nitrogens with zero attached hydrogens (tertiary/aromatic N) is 1. The molecule has 2 N–H and O–H groups in total. The molecule has 0 aliphatic heterocycles. The van der Waals surface area contributed by atoms with E-state index in [1.807, 2.05) is 24.3 Å². The zero-order chi connectivity index (χ0) is 18.7. The van der Waals surface area contributed by atoms with Gasteiger partial charge in [-0.15, -0.1) is 0 Å². The van der Waals surface area contributed by atoms with Crippen LogP contribution in [0.4, 0.5) is 0 Å². The molecule has 1 heterocycles. The van der Waals surface area contributed by atoms with Gasteiger partial charge in [-0.2, -0.15) is 0 Å². The SMILES string of the molecule is COc1ccc(-c2cnc(=S)[nH]c2-c2c(O)cc(OC)cc2OC)cc1. The molecule has 0 saturated heterocycles. The van der Waals surface area contributed by atoms with Crippen molar-refractivity contribution in [3.8, 4) is 45.4 Å². The Morgan fingerprint density at radius 3 is 2.27 bits per heavy atom. The number of nitrogens with one attached hydrogen (secondary N) is 1. The second-order valence-electron chi connectivity index (χ2n) is 5.43. The Labute approximate surface area is 156 Å². The van der Waals surface area contributed by atoms with E-state index >= 15 is 0 Å². The molecule has 0 amide bonds. The van der Waals surface area contributed by atoms with Gasteiger partial charge in [0.2, 0.25) is 0 Å². The van der Waals surface area contributed by atoms with Gasteiger partial charge in [-0.25, -0.2) is 4.98 Å². The van der Waals surface area contributed by atoms with Crippen molar-refractivity contribution in [3.05, 3.63) is 47.4 Å². The number of aromatic amines is 1. The number of hydrogen-bond acceptors (Lipinski definition) is 6. The van der Waals surface area contributed by atoms with E-state index in [4.69, 9.17) is 26.4 Å². The zero-order valence-corrected chi connectivity index (χ0v) is 15.4. The van der Waals surface area contributed by atoms with Crippen molar-refractivity contribution in [3.63, 3.8) is 0 Å². The molecule has 3 rings (SSSR count). The summed E-state index contributed by atoms with van der Waals surface area (Å²) in [5.41, 5.74) is 2.73. The van der Waals surface area contributed by atoms with Crippen molar-refractivity contribution < 1.29 is 19.3 Å². The number of ether oxygens (including phenoxy) is 3. The van der Waals surface area contributed by atoms with Gasteiger partial charge in [0.15, 0.2) is 4.77 Å². The second-order valence-corrected chi connectivity index (χ2v) is 5.82. The second kappa shape index (κ2) is 7.45. The highest BCUT2D eigenvalue weighted by atomic mass is 32.1. The average molecular weight is 370 g/mol. The minimum atomic E-state index is 0.00723. The number of rotatable bonds is 5. The van der Waals surface area contributed by atoms with Crippen molar-refractivity contribution >= 4 is 12.2 Å². The first-order valence-corrected chi connectivity index (χ1v) is 8.17. The largest absolute Gasteiger partial charge is 0.507 e. The number of phenols is 1. The number of methoxy groups -OCH3 is 3. The van der Waals surface area contributed by atoms with Crippen LogP contribution in [-0.4, -0.2) is 36.4 Å². The fourth-order valence-electron chi connectivity index (χ4n) is 2.69. The first-order valence-electron chi connectivity index (χ1n) is 7.76. The molecule has 0 bridgehead atoms. The van der Waals surface area contributed by atoms with Crippen LogP contribution in [0.15, 0.2) is 42.6 Å². The Bertz CT molecular complexity index is 984. The molecule has 134 valence electrons. The summed E-state index contributed by atoms with van der Waals surface area (Å²) in [4.78, 5) is 7.25. The molecule has 0 saturated carbocycles. The maximum atomic E-state index is 10.6. The van der Waals surface area contributed by atoms with Gasteiger partial charge in [-0.05, 0) is 29.9 Å². The van der Waals surface area contributed by atoms with E-state index in [0.717, 1.165) is 16.9 Å². The number of aromatic nitrogens is 2. The fraction of sp³-hybridized carbons (Fsp3) is 0.158. The number of hydrogen-bond donors (Lipinski definition) is 2. The van der Waals surface area contributed by atoms with E-state index in [1.54, 1.807) is 19.4 Å². The molecule has 26 heavy (non-hydrogen) atoms. The van der Waals surface area contributed by atoms with Gasteiger partial charge in [-0.1, -0.05) is 12.1 Å². The van der Waals surface area contributed by atoms with Crippen molar-refractivity contribution in [2.45, 2.75) is 0 Å². The highest BCUT2D eigenvalue weighted by Gasteiger charge is 2.19. The Morgan fingerprint density at radius 1 is 0.962 bits per heavy atom. The normalized spacial score (nSPS) is 10.4. The van der Waals surface area contributed by atoms with Gasteiger partial charge in [-0.3, -0.25) is 0 Å². The predicted molar refractivity (Wildman–Crippen MR) is 102 cm³/mol. The van der Waals surface area contributed by atoms with Crippen LogP contribution < -0.4 is 14.2 Å². The predicted octanol–water partition coefficient (Wildman–Crippen LogP) is 4.20. The molecule has 0 spiro atoms. The van der Waals surface area contributed by atoms with E-state index < -0.39 is 0 Å². The zero-order valence-electron chi connectivity index (χ0n) is 14.6. The van der Waals surface area contributed by atoms with E-state index in [2.05, 4.69) is 9.97 Å². The average Bonchev–Trinajstić information content (AvgIpc) is 2.67. The molecule has 2 aromatic carbocycles. The lowest BCUT2D eigenvalue weighted by Crippen LogP contribution is -1.97. The molecule has 7 heteroatoms. The molecule has 1 aromatic heterocycles. The van der Waals surface area contributed by atoms with Crippen molar-refractivity contribution in [1.29, 1.82) is 0 Å². The Balaban J connectivity index is 2.25. The third-order valence-electron chi connectivity index (χ3n) is 3.97. The van der Waals surface area contributed by atoms with Gasteiger partial charge in [0.25, 0.3) is 0 Å². The molecule has 0 radical (unpaired) electrons. The lowest BCUT2D eigenvalue weighted by atomic mass is 9.99. The van der Waals surface area contributed by atoms with E-state index in [-0.39, 0.29) is 5.75 Å². The summed E-state index contributed by atoms with van der Waals surface area (Å²) in [5, 5.41) is 10.6. The summed E-state index contributed by atoms with van der Waals surface area (Å²) in [6.07, 6.45) is 1.67. The monoisotopic (exact) mass is 370 g/mol. The van der Waals surface area contributed by atoms with Crippen LogP contribution in [0, 0.1) is 4.77 Å². The van der Waals surface area contributed by atoms with E-state index in [1.165, 1.54) is 20.3 Å². The number of benzene rings is 2. The summed E-state index contributed by atoms with van der Waals surface area (Å²) in [6.45, 7) is 0. The van der Waals surface area contributed by atoms with Gasteiger partial charge in [0.1, 0.15) is 23.0 Å². The molecule has 0 aliphatic carbocycles. The topological polar surface area (TPSA) is 76.6 Å². The maximum Gasteiger partial charge on any atom is 0.197 e. The quantitative estimate of drug-likeness (QED) is 0.656. The smallest absolute Gasteiger partial charge is 0.197 e. The minimum absolute atomic E-state index is 0.00723. The number of aromatic hydroxyl groups is 1. The third-order valence-corrected chi connectivity index (χ3v) is 4.18. The molecular weight excluding hydrogens is 352 g/mol. The third kappa shape index (κ3) is 3.34. The molecule has 0 aliphatic rings. The molecular formula is C19H18N2O4S. The van der Waals surface area contributed by atoms with E-state index in [0.29, 0.717) is 27.5 Å². The van der Waals surface area contributed by atoms with Crippen LogP contribution in [0.1, 0.15) is 0 Å². The van der Waals surface area contributed by atoms with Gasteiger partial charge >= 0.3 is 0 Å². The first-order chi connectivity index (χ1) is 12.6. The molecule has 0 fully saturated rings. The fourth-order valence-corrected chi connectivity index (χ4v) is 2.84. The molecule has 0 unspecified atom stereocenters. The summed E-state index contributed by atoms with van der Waals surface area (Å²) in [5.74, 6) is 1.69. The van der Waals surface area contributed by atoms with Crippen LogP contribution in [0.2, 0.25) is 0 Å². The highest BCUT2D eigenvalue weighted by Crippen LogP contribution is 2.43. The highest BCUT2D eigenvalue weighted by molar-refractivity contribution is 7.71. The number of H-pyrrole nitrogens is 1. The van der Waals surface area contributed by atoms with Crippen LogP contribution in [0.3, 0.4) is 0 Å². The minimum Gasteiger partial charge on any atom is -0.507 e. The summed E-state index contributed by atoms with van der Waals surface area (Å²) >= 11 is 5.19. The van der Waals surface area contributed by atoms with Crippen LogP contribution >= 0.6 is 12.2 Å². The molecule has 6 nitrogen and oxygen atoms in total.